The maximum atomic E-state index is 13.1. The van der Waals surface area contributed by atoms with E-state index in [2.05, 4.69) is 19.2 Å². The van der Waals surface area contributed by atoms with Crippen LogP contribution in [-0.2, 0) is 4.79 Å². The van der Waals surface area contributed by atoms with Gasteiger partial charge in [-0.15, -0.1) is 0 Å². The average Bonchev–Trinajstić information content (AvgIpc) is 2.38. The molecule has 1 aromatic rings. The van der Waals surface area contributed by atoms with Crippen molar-refractivity contribution >= 4 is 11.6 Å². The van der Waals surface area contributed by atoms with E-state index in [1.165, 1.54) is 25.3 Å². The van der Waals surface area contributed by atoms with E-state index in [9.17, 15) is 9.18 Å². The summed E-state index contributed by atoms with van der Waals surface area (Å²) in [7, 11) is 1.44. The third kappa shape index (κ3) is 5.17. The maximum Gasteiger partial charge on any atom is 0.224 e. The van der Waals surface area contributed by atoms with Crippen LogP contribution >= 0.6 is 0 Å². The largest absolute Gasteiger partial charge is 0.494 e. The number of anilines is 1. The van der Waals surface area contributed by atoms with E-state index in [4.69, 9.17) is 10.5 Å². The number of hydrogen-bond acceptors (Lipinski definition) is 3. The Morgan fingerprint density at radius 2 is 2.10 bits per heavy atom. The highest BCUT2D eigenvalue weighted by molar-refractivity contribution is 5.92. The number of methoxy groups -OCH3 is 1. The fraction of sp³-hybridized carbons (Fsp3) is 0.533. The maximum absolute atomic E-state index is 13.1. The highest BCUT2D eigenvalue weighted by Crippen LogP contribution is 2.28. The normalized spacial score (nSPS) is 11.2. The summed E-state index contributed by atoms with van der Waals surface area (Å²) in [4.78, 5) is 11.9. The Balaban J connectivity index is 2.59. The quantitative estimate of drug-likeness (QED) is 0.808. The topological polar surface area (TPSA) is 64.3 Å². The molecule has 4 nitrogen and oxygen atoms in total. The van der Waals surface area contributed by atoms with E-state index >= 15 is 0 Å². The van der Waals surface area contributed by atoms with E-state index in [-0.39, 0.29) is 11.3 Å². The molecule has 0 aromatic heterocycles. The lowest BCUT2D eigenvalue weighted by Gasteiger charge is -2.23. The predicted octanol–water partition coefficient (Wildman–Crippen LogP) is 2.93. The minimum Gasteiger partial charge on any atom is -0.494 e. The number of rotatable bonds is 7. The zero-order chi connectivity index (χ0) is 15.2. The van der Waals surface area contributed by atoms with Crippen molar-refractivity contribution in [1.82, 2.24) is 0 Å². The van der Waals surface area contributed by atoms with Crippen molar-refractivity contribution in [2.75, 3.05) is 19.0 Å². The van der Waals surface area contributed by atoms with Gasteiger partial charge in [-0.05, 0) is 36.9 Å². The lowest BCUT2D eigenvalue weighted by Crippen LogP contribution is -2.20. The third-order valence-corrected chi connectivity index (χ3v) is 3.29. The summed E-state index contributed by atoms with van der Waals surface area (Å²) in [5.41, 5.74) is 6.07. The Kier molecular flexibility index (Phi) is 5.95. The van der Waals surface area contributed by atoms with Crippen molar-refractivity contribution in [3.8, 4) is 5.75 Å². The smallest absolute Gasteiger partial charge is 0.224 e. The van der Waals surface area contributed by atoms with Gasteiger partial charge in [0.05, 0.1) is 12.8 Å². The summed E-state index contributed by atoms with van der Waals surface area (Å²) in [5, 5.41) is 2.74. The summed E-state index contributed by atoms with van der Waals surface area (Å²) in [6, 6.07) is 4.03. The number of hydrogen-bond donors (Lipinski definition) is 2. The van der Waals surface area contributed by atoms with Gasteiger partial charge in [-0.3, -0.25) is 4.79 Å². The molecule has 0 heterocycles. The van der Waals surface area contributed by atoms with Crippen LogP contribution in [0.2, 0.25) is 0 Å². The summed E-state index contributed by atoms with van der Waals surface area (Å²) >= 11 is 0. The fourth-order valence-corrected chi connectivity index (χ4v) is 1.95. The summed E-state index contributed by atoms with van der Waals surface area (Å²) < 4.78 is 18.1. The standard InChI is InChI=1S/C15H23FN2O2/c1-15(2,8-9-17)7-6-14(19)18-12-5-4-11(16)10-13(12)20-3/h4-5,10H,6-9,17H2,1-3H3,(H,18,19). The molecule has 20 heavy (non-hydrogen) atoms. The Labute approximate surface area is 119 Å². The van der Waals surface area contributed by atoms with Gasteiger partial charge >= 0.3 is 0 Å². The van der Waals surface area contributed by atoms with Crippen molar-refractivity contribution in [2.45, 2.75) is 33.1 Å². The first-order chi connectivity index (χ1) is 9.38. The van der Waals surface area contributed by atoms with Gasteiger partial charge in [0, 0.05) is 12.5 Å². The first-order valence-electron chi connectivity index (χ1n) is 6.71. The molecule has 0 atom stereocenters. The molecule has 1 aromatic carbocycles. The van der Waals surface area contributed by atoms with E-state index in [1.807, 2.05) is 0 Å². The van der Waals surface area contributed by atoms with Crippen LogP contribution in [0.25, 0.3) is 0 Å². The van der Waals surface area contributed by atoms with Gasteiger partial charge in [-0.2, -0.15) is 0 Å². The number of nitrogens with two attached hydrogens (primary N) is 1. The van der Waals surface area contributed by atoms with E-state index < -0.39 is 5.82 Å². The second-order valence-electron chi connectivity index (χ2n) is 5.60. The number of carbonyl (C=O) groups is 1. The molecule has 0 radical (unpaired) electrons. The average molecular weight is 282 g/mol. The molecular formula is C15H23FN2O2. The van der Waals surface area contributed by atoms with Crippen LogP contribution in [0.4, 0.5) is 10.1 Å². The summed E-state index contributed by atoms with van der Waals surface area (Å²) in [5.74, 6) is -0.191. The Morgan fingerprint density at radius 1 is 1.40 bits per heavy atom. The number of nitrogens with one attached hydrogen (secondary N) is 1. The van der Waals surface area contributed by atoms with Gasteiger partial charge in [0.25, 0.3) is 0 Å². The number of amides is 1. The van der Waals surface area contributed by atoms with Gasteiger partial charge in [0.1, 0.15) is 11.6 Å². The fourth-order valence-electron chi connectivity index (χ4n) is 1.95. The van der Waals surface area contributed by atoms with Crippen LogP contribution in [0.3, 0.4) is 0 Å². The zero-order valence-electron chi connectivity index (χ0n) is 12.3. The van der Waals surface area contributed by atoms with Gasteiger partial charge in [0.2, 0.25) is 5.91 Å². The van der Waals surface area contributed by atoms with Crippen LogP contribution in [0.15, 0.2) is 18.2 Å². The molecule has 0 aliphatic rings. The highest BCUT2D eigenvalue weighted by atomic mass is 19.1. The molecule has 1 amide bonds. The molecule has 0 unspecified atom stereocenters. The summed E-state index contributed by atoms with van der Waals surface area (Å²) in [6.07, 6.45) is 2.02. The molecular weight excluding hydrogens is 259 g/mol. The molecule has 3 N–H and O–H groups in total. The van der Waals surface area contributed by atoms with Crippen LogP contribution < -0.4 is 15.8 Å². The molecule has 112 valence electrons. The molecule has 5 heteroatoms. The van der Waals surface area contributed by atoms with E-state index in [0.29, 0.717) is 24.4 Å². The Hall–Kier alpha value is -1.62. The molecule has 0 bridgehead atoms. The molecule has 0 aliphatic carbocycles. The number of benzene rings is 1. The Morgan fingerprint density at radius 3 is 2.70 bits per heavy atom. The molecule has 1 rings (SSSR count). The van der Waals surface area contributed by atoms with Crippen LogP contribution in [0.1, 0.15) is 33.1 Å². The van der Waals surface area contributed by atoms with Crippen LogP contribution in [0, 0.1) is 11.2 Å². The molecule has 0 fully saturated rings. The zero-order valence-corrected chi connectivity index (χ0v) is 12.3. The van der Waals surface area contributed by atoms with Crippen molar-refractivity contribution in [1.29, 1.82) is 0 Å². The first kappa shape index (κ1) is 16.4. The predicted molar refractivity (Wildman–Crippen MR) is 78.3 cm³/mol. The molecule has 0 aliphatic heterocycles. The minimum absolute atomic E-state index is 0.0406. The summed E-state index contributed by atoms with van der Waals surface area (Å²) in [6.45, 7) is 4.79. The number of carbonyl (C=O) groups excluding carboxylic acids is 1. The minimum atomic E-state index is -0.399. The van der Waals surface area contributed by atoms with Crippen LogP contribution in [0.5, 0.6) is 5.75 Å². The lowest BCUT2D eigenvalue weighted by atomic mass is 9.84. The molecule has 0 saturated heterocycles. The molecule has 0 spiro atoms. The Bertz CT molecular complexity index is 461. The van der Waals surface area contributed by atoms with Gasteiger partial charge in [-0.25, -0.2) is 4.39 Å². The van der Waals surface area contributed by atoms with Crippen molar-refractivity contribution in [3.63, 3.8) is 0 Å². The number of halogens is 1. The SMILES string of the molecule is COc1cc(F)ccc1NC(=O)CCC(C)(C)CCN. The van der Waals surface area contributed by atoms with E-state index in [1.54, 1.807) is 0 Å². The third-order valence-electron chi connectivity index (χ3n) is 3.29. The van der Waals surface area contributed by atoms with Gasteiger partial charge in [-0.1, -0.05) is 13.8 Å². The monoisotopic (exact) mass is 282 g/mol. The van der Waals surface area contributed by atoms with Gasteiger partial charge in [0.15, 0.2) is 0 Å². The van der Waals surface area contributed by atoms with Gasteiger partial charge < -0.3 is 15.8 Å². The number of ether oxygens (including phenoxy) is 1. The second-order valence-corrected chi connectivity index (χ2v) is 5.60. The first-order valence-corrected chi connectivity index (χ1v) is 6.71. The van der Waals surface area contributed by atoms with Crippen molar-refractivity contribution in [3.05, 3.63) is 24.0 Å². The lowest BCUT2D eigenvalue weighted by molar-refractivity contribution is -0.116. The highest BCUT2D eigenvalue weighted by Gasteiger charge is 2.18. The molecule has 0 saturated carbocycles. The van der Waals surface area contributed by atoms with Crippen molar-refractivity contribution < 1.29 is 13.9 Å². The van der Waals surface area contributed by atoms with Crippen molar-refractivity contribution in [2.24, 2.45) is 11.1 Å². The second kappa shape index (κ2) is 7.24. The van der Waals surface area contributed by atoms with Crippen LogP contribution in [-0.4, -0.2) is 19.6 Å². The van der Waals surface area contributed by atoms with E-state index in [0.717, 1.165) is 12.8 Å².